The van der Waals surface area contributed by atoms with Gasteiger partial charge in [0.05, 0.1) is 16.1 Å². The zero-order chi connectivity index (χ0) is 19.3. The van der Waals surface area contributed by atoms with Crippen LogP contribution >= 0.6 is 11.6 Å². The molecule has 1 aliphatic rings. The van der Waals surface area contributed by atoms with Gasteiger partial charge in [-0.3, -0.25) is 9.59 Å². The van der Waals surface area contributed by atoms with E-state index in [2.05, 4.69) is 0 Å². The van der Waals surface area contributed by atoms with E-state index in [1.165, 1.54) is 37.3 Å². The summed E-state index contributed by atoms with van der Waals surface area (Å²) < 4.78 is 32.6. The topological polar surface area (TPSA) is 80.8 Å². The molecule has 2 aromatic rings. The molecule has 3 rings (SSSR count). The third-order valence-corrected chi connectivity index (χ3v) is 6.26. The normalized spacial score (nSPS) is 19.4. The molecule has 0 spiro atoms. The Balaban J connectivity index is 2.26. The highest BCUT2D eigenvalue weighted by atomic mass is 35.5. The molecule has 0 aromatic heterocycles. The number of aryl methyl sites for hydroxylation is 1. The molecule has 2 aromatic carbocycles. The second-order valence-electron chi connectivity index (χ2n) is 6.15. The van der Waals surface area contributed by atoms with Gasteiger partial charge < -0.3 is 4.74 Å². The number of fused-ring (bicyclic) bond motifs is 1. The zero-order valence-electron chi connectivity index (χ0n) is 14.3. The Morgan fingerprint density at radius 1 is 1.15 bits per heavy atom. The summed E-state index contributed by atoms with van der Waals surface area (Å²) in [6.07, 6.45) is 0. The van der Waals surface area contributed by atoms with E-state index in [1.54, 1.807) is 12.1 Å². The van der Waals surface area contributed by atoms with E-state index in [4.69, 9.17) is 16.3 Å². The molecule has 0 saturated heterocycles. The van der Waals surface area contributed by atoms with E-state index in [1.807, 2.05) is 6.92 Å². The molecule has 136 valence electrons. The van der Waals surface area contributed by atoms with Gasteiger partial charge in [0.25, 0.3) is 15.7 Å². The number of Topliss-reactive ketones (excluding diaryl/α,β-unsaturated/α-hetero) is 1. The standard InChI is InChI=1S/C18H16ClNO5S/c1-11-4-7-14(8-5-11)26(23,24)20-16-9-6-13(19)10-15(16)17(22)18(20,3)25-12(2)21/h4-10H,1-3H3. The maximum atomic E-state index is 13.3. The van der Waals surface area contributed by atoms with Crippen LogP contribution in [0.4, 0.5) is 5.69 Å². The molecule has 1 heterocycles. The van der Waals surface area contributed by atoms with E-state index >= 15 is 0 Å². The van der Waals surface area contributed by atoms with Crippen LogP contribution in [0.25, 0.3) is 0 Å². The van der Waals surface area contributed by atoms with Crippen molar-refractivity contribution in [3.63, 3.8) is 0 Å². The van der Waals surface area contributed by atoms with Crippen LogP contribution in [0.3, 0.4) is 0 Å². The van der Waals surface area contributed by atoms with Crippen LogP contribution in [-0.2, 0) is 19.6 Å². The summed E-state index contributed by atoms with van der Waals surface area (Å²) >= 11 is 5.96. The van der Waals surface area contributed by atoms with Gasteiger partial charge >= 0.3 is 5.97 Å². The number of hydrogen-bond donors (Lipinski definition) is 0. The first-order valence-corrected chi connectivity index (χ1v) is 9.55. The van der Waals surface area contributed by atoms with E-state index < -0.39 is 27.5 Å². The number of esters is 1. The first-order valence-electron chi connectivity index (χ1n) is 7.73. The average molecular weight is 394 g/mol. The molecule has 0 fully saturated rings. The predicted molar refractivity (Wildman–Crippen MR) is 96.8 cm³/mol. The number of nitrogens with zero attached hydrogens (tertiary/aromatic N) is 1. The average Bonchev–Trinajstić information content (AvgIpc) is 2.75. The van der Waals surface area contributed by atoms with Crippen molar-refractivity contribution in [2.75, 3.05) is 4.31 Å². The number of ketones is 1. The lowest BCUT2D eigenvalue weighted by atomic mass is 10.1. The van der Waals surface area contributed by atoms with Gasteiger partial charge in [-0.05, 0) is 37.3 Å². The van der Waals surface area contributed by atoms with Crippen molar-refractivity contribution in [1.29, 1.82) is 0 Å². The van der Waals surface area contributed by atoms with Crippen LogP contribution in [-0.4, -0.2) is 25.9 Å². The zero-order valence-corrected chi connectivity index (χ0v) is 15.9. The number of sulfonamides is 1. The number of carbonyl (C=O) groups excluding carboxylic acids is 2. The van der Waals surface area contributed by atoms with Crippen molar-refractivity contribution in [2.24, 2.45) is 0 Å². The Morgan fingerprint density at radius 3 is 2.35 bits per heavy atom. The Morgan fingerprint density at radius 2 is 1.77 bits per heavy atom. The molecule has 0 saturated carbocycles. The molecule has 0 aliphatic carbocycles. The number of anilines is 1. The van der Waals surface area contributed by atoms with Crippen LogP contribution in [0.5, 0.6) is 0 Å². The summed E-state index contributed by atoms with van der Waals surface area (Å²) in [5, 5.41) is 0.275. The van der Waals surface area contributed by atoms with Crippen LogP contribution in [0.15, 0.2) is 47.4 Å². The van der Waals surface area contributed by atoms with Gasteiger partial charge in [-0.15, -0.1) is 0 Å². The van der Waals surface area contributed by atoms with Gasteiger partial charge in [0.15, 0.2) is 0 Å². The van der Waals surface area contributed by atoms with Gasteiger partial charge in [0.2, 0.25) is 5.78 Å². The van der Waals surface area contributed by atoms with Gasteiger partial charge in [-0.1, -0.05) is 29.3 Å². The van der Waals surface area contributed by atoms with Crippen molar-refractivity contribution in [3.8, 4) is 0 Å². The minimum absolute atomic E-state index is 0.0166. The maximum Gasteiger partial charge on any atom is 0.305 e. The molecule has 0 radical (unpaired) electrons. The highest BCUT2D eigenvalue weighted by Gasteiger charge is 2.56. The molecular formula is C18H16ClNO5S. The van der Waals surface area contributed by atoms with E-state index in [-0.39, 0.29) is 21.2 Å². The lowest BCUT2D eigenvalue weighted by Gasteiger charge is -2.33. The molecule has 0 bridgehead atoms. The molecule has 1 aliphatic heterocycles. The van der Waals surface area contributed by atoms with Crippen molar-refractivity contribution in [3.05, 3.63) is 58.6 Å². The minimum atomic E-state index is -4.18. The molecule has 1 unspecified atom stereocenters. The Hall–Kier alpha value is -2.38. The summed E-state index contributed by atoms with van der Waals surface area (Å²) in [6.45, 7) is 4.21. The molecule has 8 heteroatoms. The van der Waals surface area contributed by atoms with E-state index in [9.17, 15) is 18.0 Å². The molecule has 1 atom stereocenters. The largest absolute Gasteiger partial charge is 0.430 e. The van der Waals surface area contributed by atoms with Gasteiger partial charge in [-0.2, -0.15) is 0 Å². The summed E-state index contributed by atoms with van der Waals surface area (Å²) in [4.78, 5) is 24.5. The number of hydrogen-bond acceptors (Lipinski definition) is 5. The van der Waals surface area contributed by atoms with Crippen LogP contribution in [0, 0.1) is 6.92 Å². The maximum absolute atomic E-state index is 13.3. The van der Waals surface area contributed by atoms with Crippen LogP contribution in [0.2, 0.25) is 5.02 Å². The first-order chi connectivity index (χ1) is 12.1. The van der Waals surface area contributed by atoms with E-state index in [0.717, 1.165) is 16.8 Å². The fourth-order valence-corrected chi connectivity index (χ4v) is 4.84. The molecule has 6 nitrogen and oxygen atoms in total. The number of benzene rings is 2. The SMILES string of the molecule is CC(=O)OC1(C)C(=O)c2cc(Cl)ccc2N1S(=O)(=O)c1ccc(C)cc1. The molecule has 26 heavy (non-hydrogen) atoms. The second kappa shape index (κ2) is 6.10. The van der Waals surface area contributed by atoms with Crippen molar-refractivity contribution >= 4 is 39.1 Å². The van der Waals surface area contributed by atoms with Gasteiger partial charge in [-0.25, -0.2) is 12.7 Å². The Labute approximate surface area is 156 Å². The van der Waals surface area contributed by atoms with Gasteiger partial charge in [0.1, 0.15) is 0 Å². The number of rotatable bonds is 3. The smallest absolute Gasteiger partial charge is 0.305 e. The van der Waals surface area contributed by atoms with Crippen molar-refractivity contribution in [2.45, 2.75) is 31.4 Å². The molecule has 0 amide bonds. The third kappa shape index (κ3) is 2.77. The molecule has 0 N–H and O–H groups in total. The van der Waals surface area contributed by atoms with Crippen LogP contribution < -0.4 is 4.31 Å². The summed E-state index contributed by atoms with van der Waals surface area (Å²) in [5.41, 5.74) is -0.945. The molecular weight excluding hydrogens is 378 g/mol. The number of carbonyl (C=O) groups is 2. The number of ether oxygens (including phenoxy) is 1. The number of halogens is 1. The minimum Gasteiger partial charge on any atom is -0.430 e. The van der Waals surface area contributed by atoms with Crippen molar-refractivity contribution < 1.29 is 22.7 Å². The lowest BCUT2D eigenvalue weighted by molar-refractivity contribution is -0.149. The van der Waals surface area contributed by atoms with E-state index in [0.29, 0.717) is 0 Å². The fourth-order valence-electron chi connectivity index (χ4n) is 2.98. The van der Waals surface area contributed by atoms with Gasteiger partial charge in [0, 0.05) is 18.9 Å². The highest BCUT2D eigenvalue weighted by molar-refractivity contribution is 7.93. The quantitative estimate of drug-likeness (QED) is 0.747. The fraction of sp³-hybridized carbons (Fsp3) is 0.222. The first kappa shape index (κ1) is 18.4. The summed E-state index contributed by atoms with van der Waals surface area (Å²) in [6, 6.07) is 10.5. The summed E-state index contributed by atoms with van der Waals surface area (Å²) in [7, 11) is -4.18. The monoisotopic (exact) mass is 393 g/mol. The Kier molecular flexibility index (Phi) is 4.32. The predicted octanol–water partition coefficient (Wildman–Crippen LogP) is 3.32. The van der Waals surface area contributed by atoms with Crippen LogP contribution in [0.1, 0.15) is 29.8 Å². The highest BCUT2D eigenvalue weighted by Crippen LogP contribution is 2.44. The summed E-state index contributed by atoms with van der Waals surface area (Å²) in [5.74, 6) is -1.43. The van der Waals surface area contributed by atoms with Crippen molar-refractivity contribution in [1.82, 2.24) is 0 Å². The lowest BCUT2D eigenvalue weighted by Crippen LogP contribution is -2.53. The Bertz CT molecular complexity index is 1020. The second-order valence-corrected chi connectivity index (χ2v) is 8.37. The third-order valence-electron chi connectivity index (χ3n) is 4.13.